The molecule has 0 bridgehead atoms. The zero-order chi connectivity index (χ0) is 15.8. The van der Waals surface area contributed by atoms with Gasteiger partial charge in [-0.15, -0.1) is 0 Å². The van der Waals surface area contributed by atoms with Gasteiger partial charge >= 0.3 is 0 Å². The maximum Gasteiger partial charge on any atom is 0.265 e. The van der Waals surface area contributed by atoms with Crippen molar-refractivity contribution < 1.29 is 17.2 Å². The zero-order valence-corrected chi connectivity index (χ0v) is 15.2. The number of anilines is 1. The van der Waals surface area contributed by atoms with Crippen LogP contribution in [0.4, 0.5) is 14.5 Å². The van der Waals surface area contributed by atoms with Crippen LogP contribution in [0.5, 0.6) is 0 Å². The summed E-state index contributed by atoms with van der Waals surface area (Å²) >= 11 is 4.94. The van der Waals surface area contributed by atoms with Crippen LogP contribution in [0.1, 0.15) is 5.56 Å². The van der Waals surface area contributed by atoms with E-state index in [-0.39, 0.29) is 4.47 Å². The maximum atomic E-state index is 13.8. The van der Waals surface area contributed by atoms with E-state index >= 15 is 0 Å². The van der Waals surface area contributed by atoms with Crippen molar-refractivity contribution in [3.05, 3.63) is 55.6 Å². The molecule has 0 aromatic heterocycles. The van der Waals surface area contributed by atoms with E-state index in [1.807, 2.05) is 6.92 Å². The summed E-state index contributed by atoms with van der Waals surface area (Å²) in [6, 6.07) is 6.37. The van der Waals surface area contributed by atoms with Crippen LogP contribution in [0.3, 0.4) is 0 Å². The van der Waals surface area contributed by atoms with Gasteiger partial charge in [-0.1, -0.05) is 6.07 Å². The number of benzene rings is 2. The Hall–Kier alpha value is -0.740. The van der Waals surface area contributed by atoms with Crippen molar-refractivity contribution in [2.45, 2.75) is 11.8 Å². The molecular formula is C13H9BrF2INO2S. The first-order valence-corrected chi connectivity index (χ1v) is 9.00. The lowest BCUT2D eigenvalue weighted by Gasteiger charge is -2.11. The summed E-state index contributed by atoms with van der Waals surface area (Å²) in [7, 11) is -4.16. The smallest absolute Gasteiger partial charge is 0.265 e. The number of halogens is 4. The third-order valence-electron chi connectivity index (χ3n) is 2.66. The normalized spacial score (nSPS) is 11.5. The van der Waals surface area contributed by atoms with E-state index in [1.54, 1.807) is 18.2 Å². The number of hydrogen-bond donors (Lipinski definition) is 1. The third kappa shape index (κ3) is 3.72. The Morgan fingerprint density at radius 2 is 1.86 bits per heavy atom. The Morgan fingerprint density at radius 3 is 2.43 bits per heavy atom. The van der Waals surface area contributed by atoms with Gasteiger partial charge in [0, 0.05) is 19.8 Å². The van der Waals surface area contributed by atoms with Crippen molar-refractivity contribution in [1.82, 2.24) is 0 Å². The third-order valence-corrected chi connectivity index (χ3v) is 6.16. The molecule has 0 aliphatic carbocycles. The van der Waals surface area contributed by atoms with Crippen molar-refractivity contribution in [3.63, 3.8) is 0 Å². The molecule has 2 aromatic carbocycles. The van der Waals surface area contributed by atoms with Crippen LogP contribution >= 0.6 is 38.5 Å². The summed E-state index contributed by atoms with van der Waals surface area (Å²) in [6.45, 7) is 1.89. The second-order valence-corrected chi connectivity index (χ2v) is 7.90. The second kappa shape index (κ2) is 6.17. The number of aryl methyl sites for hydroxylation is 1. The number of sulfonamides is 1. The van der Waals surface area contributed by atoms with Crippen LogP contribution in [0.15, 0.2) is 39.7 Å². The molecule has 0 saturated heterocycles. The monoisotopic (exact) mass is 487 g/mol. The molecule has 112 valence electrons. The molecule has 0 radical (unpaired) electrons. The highest BCUT2D eigenvalue weighted by molar-refractivity contribution is 14.1. The SMILES string of the molecule is Cc1ccc(NS(=O)(=O)c2c(F)cc(F)cc2Br)cc1I. The first kappa shape index (κ1) is 16.6. The van der Waals surface area contributed by atoms with E-state index in [1.165, 1.54) is 0 Å². The molecule has 0 saturated carbocycles. The lowest BCUT2D eigenvalue weighted by molar-refractivity contribution is 0.548. The molecule has 1 N–H and O–H groups in total. The van der Waals surface area contributed by atoms with Gasteiger partial charge in [-0.3, -0.25) is 4.72 Å². The van der Waals surface area contributed by atoms with Crippen molar-refractivity contribution in [2.24, 2.45) is 0 Å². The van der Waals surface area contributed by atoms with Crippen LogP contribution in [0, 0.1) is 22.1 Å². The molecule has 2 rings (SSSR count). The van der Waals surface area contributed by atoms with E-state index in [4.69, 9.17) is 0 Å². The highest BCUT2D eigenvalue weighted by atomic mass is 127. The van der Waals surface area contributed by atoms with E-state index in [9.17, 15) is 17.2 Å². The van der Waals surface area contributed by atoms with Gasteiger partial charge in [0.05, 0.1) is 0 Å². The van der Waals surface area contributed by atoms with Crippen LogP contribution in [-0.4, -0.2) is 8.42 Å². The average molecular weight is 488 g/mol. The predicted molar refractivity (Wildman–Crippen MR) is 88.8 cm³/mol. The molecule has 0 aliphatic heterocycles. The summed E-state index contributed by atoms with van der Waals surface area (Å²) in [4.78, 5) is -0.625. The van der Waals surface area contributed by atoms with Crippen LogP contribution in [0.25, 0.3) is 0 Å². The van der Waals surface area contributed by atoms with Crippen molar-refractivity contribution in [1.29, 1.82) is 0 Å². The number of rotatable bonds is 3. The Balaban J connectivity index is 2.46. The highest BCUT2D eigenvalue weighted by Gasteiger charge is 2.24. The molecule has 8 heteroatoms. The van der Waals surface area contributed by atoms with E-state index in [0.29, 0.717) is 11.8 Å². The molecule has 0 atom stereocenters. The molecule has 21 heavy (non-hydrogen) atoms. The molecule has 3 nitrogen and oxygen atoms in total. The van der Waals surface area contributed by atoms with Gasteiger partial charge in [0.25, 0.3) is 10.0 Å². The van der Waals surface area contributed by atoms with E-state index in [2.05, 4.69) is 43.2 Å². The summed E-state index contributed by atoms with van der Waals surface area (Å²) in [5, 5.41) is 0. The number of nitrogens with one attached hydrogen (secondary N) is 1. The first-order chi connectivity index (χ1) is 9.70. The molecule has 0 amide bonds. The predicted octanol–water partition coefficient (Wildman–Crippen LogP) is 4.44. The van der Waals surface area contributed by atoms with Crippen LogP contribution in [0.2, 0.25) is 0 Å². The Labute approximate surface area is 143 Å². The van der Waals surface area contributed by atoms with Gasteiger partial charge in [-0.2, -0.15) is 0 Å². The van der Waals surface area contributed by atoms with Crippen LogP contribution < -0.4 is 4.72 Å². The summed E-state index contributed by atoms with van der Waals surface area (Å²) in [5.41, 5.74) is 1.30. The highest BCUT2D eigenvalue weighted by Crippen LogP contribution is 2.28. The zero-order valence-electron chi connectivity index (χ0n) is 10.6. The lowest BCUT2D eigenvalue weighted by Crippen LogP contribution is -2.15. The standard InChI is InChI=1S/C13H9BrF2INO2S/c1-7-2-3-9(6-12(7)17)18-21(19,20)13-10(14)4-8(15)5-11(13)16/h2-6,18H,1H3. The summed E-state index contributed by atoms with van der Waals surface area (Å²) in [5.74, 6) is -2.01. The largest absolute Gasteiger partial charge is 0.279 e. The van der Waals surface area contributed by atoms with Crippen molar-refractivity contribution >= 4 is 54.2 Å². The fourth-order valence-corrected chi connectivity index (χ4v) is 4.38. The van der Waals surface area contributed by atoms with Gasteiger partial charge in [-0.05, 0) is 69.2 Å². The van der Waals surface area contributed by atoms with Gasteiger partial charge in [0.15, 0.2) is 0 Å². The molecule has 0 unspecified atom stereocenters. The topological polar surface area (TPSA) is 46.2 Å². The molecule has 0 spiro atoms. The lowest BCUT2D eigenvalue weighted by atomic mass is 10.2. The Kier molecular flexibility index (Phi) is 4.89. The van der Waals surface area contributed by atoms with Gasteiger partial charge < -0.3 is 0 Å². The summed E-state index contributed by atoms with van der Waals surface area (Å²) in [6.07, 6.45) is 0. The Bertz CT molecular complexity index is 789. The fourth-order valence-electron chi connectivity index (χ4n) is 1.65. The Morgan fingerprint density at radius 1 is 1.19 bits per heavy atom. The van der Waals surface area contributed by atoms with Gasteiger partial charge in [0.2, 0.25) is 0 Å². The minimum atomic E-state index is -4.16. The van der Waals surface area contributed by atoms with E-state index < -0.39 is 26.6 Å². The average Bonchev–Trinajstić information content (AvgIpc) is 2.31. The number of hydrogen-bond acceptors (Lipinski definition) is 2. The quantitative estimate of drug-likeness (QED) is 0.650. The van der Waals surface area contributed by atoms with Gasteiger partial charge in [-0.25, -0.2) is 17.2 Å². The second-order valence-electron chi connectivity index (χ2n) is 4.27. The van der Waals surface area contributed by atoms with Crippen molar-refractivity contribution in [2.75, 3.05) is 4.72 Å². The van der Waals surface area contributed by atoms with E-state index in [0.717, 1.165) is 15.2 Å². The molecule has 0 heterocycles. The molecule has 0 fully saturated rings. The molecular weight excluding hydrogens is 479 g/mol. The first-order valence-electron chi connectivity index (χ1n) is 5.64. The van der Waals surface area contributed by atoms with Crippen LogP contribution in [-0.2, 0) is 10.0 Å². The summed E-state index contributed by atoms with van der Waals surface area (Å²) < 4.78 is 54.3. The fraction of sp³-hybridized carbons (Fsp3) is 0.0769. The van der Waals surface area contributed by atoms with Crippen molar-refractivity contribution in [3.8, 4) is 0 Å². The minimum Gasteiger partial charge on any atom is -0.279 e. The molecule has 2 aromatic rings. The van der Waals surface area contributed by atoms with Gasteiger partial charge in [0.1, 0.15) is 16.5 Å². The molecule has 0 aliphatic rings. The minimum absolute atomic E-state index is 0.172. The maximum absolute atomic E-state index is 13.8.